The summed E-state index contributed by atoms with van der Waals surface area (Å²) in [7, 11) is 0. The summed E-state index contributed by atoms with van der Waals surface area (Å²) in [4.78, 5) is 28.1. The molecule has 2 saturated heterocycles. The number of nitrogens with one attached hydrogen (secondary N) is 1. The molecule has 1 aromatic carbocycles. The number of ether oxygens (including phenoxy) is 1. The number of piperidine rings is 1. The second kappa shape index (κ2) is 9.27. The van der Waals surface area contributed by atoms with Gasteiger partial charge in [0.15, 0.2) is 0 Å². The summed E-state index contributed by atoms with van der Waals surface area (Å²) in [6, 6.07) is 7.56. The number of rotatable bonds is 5. The first-order valence-electron chi connectivity index (χ1n) is 11.1. The standard InChI is InChI=1S/C23H25ClN6O3/c24-18-11-15(3-4-20(18)33-16-5-9-30(10-6-16)23(31)32)28-22-17-12-21(29-7-1-2-8-29)25-13-19(17)26-14-27-22/h3-4,11-14,16H,1-2,5-10H2,(H,31,32)(H,26,27,28). The smallest absolute Gasteiger partial charge is 0.407 e. The second-order valence-electron chi connectivity index (χ2n) is 8.33. The van der Waals surface area contributed by atoms with E-state index in [1.54, 1.807) is 12.3 Å². The van der Waals surface area contributed by atoms with Gasteiger partial charge >= 0.3 is 6.09 Å². The number of carbonyl (C=O) groups is 1. The number of nitrogens with zero attached hydrogens (tertiary/aromatic N) is 5. The fraction of sp³-hybridized carbons (Fsp3) is 0.391. The van der Waals surface area contributed by atoms with Gasteiger partial charge in [0, 0.05) is 50.1 Å². The lowest BCUT2D eigenvalue weighted by molar-refractivity contribution is 0.0895. The van der Waals surface area contributed by atoms with Crippen molar-refractivity contribution in [1.82, 2.24) is 19.9 Å². The molecule has 10 heteroatoms. The van der Waals surface area contributed by atoms with Gasteiger partial charge in [-0.1, -0.05) is 11.6 Å². The Morgan fingerprint density at radius 2 is 1.88 bits per heavy atom. The van der Waals surface area contributed by atoms with E-state index in [1.165, 1.54) is 24.1 Å². The summed E-state index contributed by atoms with van der Waals surface area (Å²) in [6.07, 6.45) is 6.01. The summed E-state index contributed by atoms with van der Waals surface area (Å²) in [5.41, 5.74) is 1.56. The van der Waals surface area contributed by atoms with Crippen molar-refractivity contribution < 1.29 is 14.6 Å². The molecule has 1 amide bonds. The lowest BCUT2D eigenvalue weighted by Crippen LogP contribution is -2.41. The van der Waals surface area contributed by atoms with Crippen LogP contribution >= 0.6 is 11.6 Å². The zero-order valence-electron chi connectivity index (χ0n) is 18.1. The first kappa shape index (κ1) is 21.5. The maximum Gasteiger partial charge on any atom is 0.407 e. The van der Waals surface area contributed by atoms with E-state index < -0.39 is 6.09 Å². The largest absolute Gasteiger partial charge is 0.489 e. The molecule has 0 bridgehead atoms. The van der Waals surface area contributed by atoms with Crippen molar-refractivity contribution in [2.45, 2.75) is 31.8 Å². The minimum Gasteiger partial charge on any atom is -0.489 e. The molecule has 0 saturated carbocycles. The molecule has 0 radical (unpaired) electrons. The highest BCUT2D eigenvalue weighted by Gasteiger charge is 2.24. The predicted molar refractivity (Wildman–Crippen MR) is 127 cm³/mol. The van der Waals surface area contributed by atoms with Crippen LogP contribution < -0.4 is 15.0 Å². The van der Waals surface area contributed by atoms with E-state index in [1.807, 2.05) is 18.2 Å². The van der Waals surface area contributed by atoms with Gasteiger partial charge < -0.3 is 25.0 Å². The van der Waals surface area contributed by atoms with Crippen molar-refractivity contribution in [3.05, 3.63) is 41.8 Å². The number of hydrogen-bond donors (Lipinski definition) is 2. The van der Waals surface area contributed by atoms with Crippen LogP contribution in [0, 0.1) is 0 Å². The SMILES string of the molecule is O=C(O)N1CCC(Oc2ccc(Nc3ncnc4cnc(N5CCCC5)cc34)cc2Cl)CC1. The quantitative estimate of drug-likeness (QED) is 0.562. The van der Waals surface area contributed by atoms with E-state index in [0.717, 1.165) is 35.5 Å². The molecule has 2 aliphatic rings. The van der Waals surface area contributed by atoms with E-state index in [9.17, 15) is 4.79 Å². The third-order valence-corrected chi connectivity index (χ3v) is 6.43. The summed E-state index contributed by atoms with van der Waals surface area (Å²) >= 11 is 6.50. The number of benzene rings is 1. The van der Waals surface area contributed by atoms with E-state index in [4.69, 9.17) is 21.4 Å². The molecule has 9 nitrogen and oxygen atoms in total. The van der Waals surface area contributed by atoms with Crippen LogP contribution in [0.15, 0.2) is 36.8 Å². The van der Waals surface area contributed by atoms with E-state index in [2.05, 4.69) is 25.2 Å². The summed E-state index contributed by atoms with van der Waals surface area (Å²) in [5.74, 6) is 2.21. The van der Waals surface area contributed by atoms with Crippen molar-refractivity contribution in [3.63, 3.8) is 0 Å². The van der Waals surface area contributed by atoms with Crippen molar-refractivity contribution in [2.75, 3.05) is 36.4 Å². The van der Waals surface area contributed by atoms with Gasteiger partial charge in [-0.2, -0.15) is 0 Å². The molecule has 2 N–H and O–H groups in total. The molecule has 2 aliphatic heterocycles. The first-order chi connectivity index (χ1) is 16.1. The maximum absolute atomic E-state index is 11.1. The molecule has 4 heterocycles. The Labute approximate surface area is 196 Å². The topological polar surface area (TPSA) is 104 Å². The van der Waals surface area contributed by atoms with E-state index in [-0.39, 0.29) is 6.10 Å². The zero-order valence-corrected chi connectivity index (χ0v) is 18.8. The minimum atomic E-state index is -0.887. The predicted octanol–water partition coefficient (Wildman–Crippen LogP) is 4.54. The highest BCUT2D eigenvalue weighted by atomic mass is 35.5. The van der Waals surface area contributed by atoms with E-state index >= 15 is 0 Å². The summed E-state index contributed by atoms with van der Waals surface area (Å²) in [6.45, 7) is 2.96. The Morgan fingerprint density at radius 3 is 2.61 bits per heavy atom. The highest BCUT2D eigenvalue weighted by molar-refractivity contribution is 6.32. The second-order valence-corrected chi connectivity index (χ2v) is 8.74. The first-order valence-corrected chi connectivity index (χ1v) is 11.5. The van der Waals surface area contributed by atoms with Gasteiger partial charge in [-0.15, -0.1) is 0 Å². The molecule has 3 aromatic rings. The van der Waals surface area contributed by atoms with Crippen LogP contribution in [0.3, 0.4) is 0 Å². The highest BCUT2D eigenvalue weighted by Crippen LogP contribution is 2.33. The Kier molecular flexibility index (Phi) is 6.04. The normalized spacial score (nSPS) is 16.9. The van der Waals surface area contributed by atoms with Gasteiger partial charge in [0.1, 0.15) is 29.8 Å². The zero-order chi connectivity index (χ0) is 22.8. The van der Waals surface area contributed by atoms with Crippen LogP contribution in [-0.2, 0) is 0 Å². The average Bonchev–Trinajstić information content (AvgIpc) is 3.36. The fourth-order valence-corrected chi connectivity index (χ4v) is 4.55. The molecular formula is C23H25ClN6O3. The number of likely N-dealkylation sites (tertiary alicyclic amines) is 1. The lowest BCUT2D eigenvalue weighted by atomic mass is 10.1. The van der Waals surface area contributed by atoms with Crippen LogP contribution in [0.5, 0.6) is 5.75 Å². The van der Waals surface area contributed by atoms with Gasteiger partial charge in [-0.25, -0.2) is 19.7 Å². The number of anilines is 3. The summed E-state index contributed by atoms with van der Waals surface area (Å²) in [5, 5.41) is 13.8. The minimum absolute atomic E-state index is 0.0563. The number of carboxylic acid groups (broad SMARTS) is 1. The van der Waals surface area contributed by atoms with Crippen LogP contribution in [0.4, 0.5) is 22.1 Å². The van der Waals surface area contributed by atoms with Crippen molar-refractivity contribution >= 4 is 45.9 Å². The number of fused-ring (bicyclic) bond motifs is 1. The monoisotopic (exact) mass is 468 g/mol. The Balaban J connectivity index is 1.31. The molecule has 0 aliphatic carbocycles. The van der Waals surface area contributed by atoms with Crippen LogP contribution in [0.1, 0.15) is 25.7 Å². The molecule has 0 unspecified atom stereocenters. The molecule has 0 atom stereocenters. The van der Waals surface area contributed by atoms with Crippen LogP contribution in [-0.4, -0.2) is 63.3 Å². The molecule has 5 rings (SSSR count). The van der Waals surface area contributed by atoms with Crippen LogP contribution in [0.2, 0.25) is 5.02 Å². The van der Waals surface area contributed by atoms with Crippen LogP contribution in [0.25, 0.3) is 10.9 Å². The van der Waals surface area contributed by atoms with Gasteiger partial charge in [0.05, 0.1) is 16.7 Å². The van der Waals surface area contributed by atoms with Crippen molar-refractivity contribution in [1.29, 1.82) is 0 Å². The number of halogens is 1. The van der Waals surface area contributed by atoms with E-state index in [0.29, 0.717) is 42.5 Å². The number of hydrogen-bond acceptors (Lipinski definition) is 7. The average molecular weight is 469 g/mol. The van der Waals surface area contributed by atoms with Gasteiger partial charge in [-0.3, -0.25) is 0 Å². The Hall–Kier alpha value is -3.33. The molecule has 33 heavy (non-hydrogen) atoms. The van der Waals surface area contributed by atoms with Gasteiger partial charge in [-0.05, 0) is 37.1 Å². The molecule has 2 aromatic heterocycles. The van der Waals surface area contributed by atoms with Gasteiger partial charge in [0.25, 0.3) is 0 Å². The number of aromatic nitrogens is 3. The Bertz CT molecular complexity index is 1160. The third-order valence-electron chi connectivity index (χ3n) is 6.14. The fourth-order valence-electron chi connectivity index (χ4n) is 4.32. The maximum atomic E-state index is 11.1. The molecule has 0 spiro atoms. The summed E-state index contributed by atoms with van der Waals surface area (Å²) < 4.78 is 6.04. The van der Waals surface area contributed by atoms with Gasteiger partial charge in [0.2, 0.25) is 0 Å². The molecule has 172 valence electrons. The molecule has 2 fully saturated rings. The Morgan fingerprint density at radius 1 is 1.09 bits per heavy atom. The molecular weight excluding hydrogens is 444 g/mol. The third kappa shape index (κ3) is 4.73. The number of amides is 1. The van der Waals surface area contributed by atoms with Crippen molar-refractivity contribution in [3.8, 4) is 5.75 Å². The van der Waals surface area contributed by atoms with Crippen molar-refractivity contribution in [2.24, 2.45) is 0 Å². The lowest BCUT2D eigenvalue weighted by Gasteiger charge is -2.30. The number of pyridine rings is 1.